The van der Waals surface area contributed by atoms with Crippen molar-refractivity contribution in [3.05, 3.63) is 0 Å². The van der Waals surface area contributed by atoms with Gasteiger partial charge in [-0.05, 0) is 0 Å². The van der Waals surface area contributed by atoms with E-state index in [0.29, 0.717) is 13.2 Å². The van der Waals surface area contributed by atoms with E-state index in [4.69, 9.17) is 15.2 Å². The molecule has 0 aromatic rings. The first-order valence-corrected chi connectivity index (χ1v) is 5.89. The van der Waals surface area contributed by atoms with E-state index in [0.717, 1.165) is 0 Å². The number of hydrogen-bond donors (Lipinski definition) is 3. The van der Waals surface area contributed by atoms with E-state index in [1.807, 2.05) is 0 Å². The Bertz CT molecular complexity index is 298. The van der Waals surface area contributed by atoms with Crippen LogP contribution in [0.5, 0.6) is 0 Å². The average molecular weight is 260 g/mol. The van der Waals surface area contributed by atoms with Crippen LogP contribution in [0.25, 0.3) is 0 Å². The van der Waals surface area contributed by atoms with E-state index in [2.05, 4.69) is 5.32 Å². The average Bonchev–Trinajstić information content (AvgIpc) is 2.36. The highest BCUT2D eigenvalue weighted by Gasteiger charge is 2.41. The van der Waals surface area contributed by atoms with E-state index in [-0.39, 0.29) is 31.7 Å². The van der Waals surface area contributed by atoms with Crippen molar-refractivity contribution in [2.45, 2.75) is 30.9 Å². The molecule has 1 aliphatic heterocycles. The third-order valence-corrected chi connectivity index (χ3v) is 3.14. The first kappa shape index (κ1) is 14.9. The Morgan fingerprint density at radius 3 is 2.56 bits per heavy atom. The van der Waals surface area contributed by atoms with Gasteiger partial charge in [0.15, 0.2) is 0 Å². The summed E-state index contributed by atoms with van der Waals surface area (Å²) in [6.07, 6.45) is 0.210. The number of methoxy groups -OCH3 is 1. The van der Waals surface area contributed by atoms with E-state index >= 15 is 0 Å². The van der Waals surface area contributed by atoms with E-state index in [1.54, 1.807) is 0 Å². The second-order valence-electron chi connectivity index (χ2n) is 4.35. The summed E-state index contributed by atoms with van der Waals surface area (Å²) in [4.78, 5) is 23.1. The van der Waals surface area contributed by atoms with Crippen LogP contribution in [0, 0.1) is 0 Å². The largest absolute Gasteiger partial charge is 0.480 e. The van der Waals surface area contributed by atoms with Crippen LogP contribution in [0.2, 0.25) is 0 Å². The number of aliphatic carboxylic acids is 1. The SMILES string of the molecule is COC(CN)CC(=O)NC1(C(=O)O)CCOCC1. The van der Waals surface area contributed by atoms with Crippen molar-refractivity contribution in [1.82, 2.24) is 5.32 Å². The highest BCUT2D eigenvalue weighted by molar-refractivity contribution is 5.87. The van der Waals surface area contributed by atoms with Gasteiger partial charge in [-0.15, -0.1) is 0 Å². The van der Waals surface area contributed by atoms with Gasteiger partial charge in [0.1, 0.15) is 5.54 Å². The molecule has 0 radical (unpaired) electrons. The number of carboxylic acid groups (broad SMARTS) is 1. The number of carboxylic acids is 1. The number of nitrogens with two attached hydrogens (primary N) is 1. The Morgan fingerprint density at radius 1 is 1.50 bits per heavy atom. The summed E-state index contributed by atoms with van der Waals surface area (Å²) in [5, 5.41) is 11.8. The number of ether oxygens (including phenoxy) is 2. The van der Waals surface area contributed by atoms with E-state index in [9.17, 15) is 14.7 Å². The maximum atomic E-state index is 11.8. The fourth-order valence-corrected chi connectivity index (χ4v) is 1.90. The zero-order chi connectivity index (χ0) is 13.6. The number of hydrogen-bond acceptors (Lipinski definition) is 5. The highest BCUT2D eigenvalue weighted by Crippen LogP contribution is 2.21. The van der Waals surface area contributed by atoms with Gasteiger partial charge < -0.3 is 25.6 Å². The Hall–Kier alpha value is -1.18. The Labute approximate surface area is 106 Å². The molecule has 0 spiro atoms. The number of carbonyl (C=O) groups is 2. The summed E-state index contributed by atoms with van der Waals surface area (Å²) in [5.74, 6) is -1.39. The lowest BCUT2D eigenvalue weighted by atomic mass is 9.90. The first-order valence-electron chi connectivity index (χ1n) is 5.89. The fraction of sp³-hybridized carbons (Fsp3) is 0.818. The van der Waals surface area contributed by atoms with Gasteiger partial charge >= 0.3 is 5.97 Å². The number of rotatable bonds is 6. The molecule has 1 aliphatic rings. The first-order chi connectivity index (χ1) is 8.54. The second kappa shape index (κ2) is 6.67. The lowest BCUT2D eigenvalue weighted by Gasteiger charge is -2.34. The Kier molecular flexibility index (Phi) is 5.52. The zero-order valence-corrected chi connectivity index (χ0v) is 10.5. The minimum Gasteiger partial charge on any atom is -0.480 e. The molecule has 1 unspecified atom stereocenters. The number of carbonyl (C=O) groups excluding carboxylic acids is 1. The van der Waals surface area contributed by atoms with Crippen LogP contribution < -0.4 is 11.1 Å². The molecule has 0 aromatic carbocycles. The van der Waals surface area contributed by atoms with Crippen LogP contribution in [0.4, 0.5) is 0 Å². The van der Waals surface area contributed by atoms with Gasteiger partial charge in [0.05, 0.1) is 12.5 Å². The lowest BCUT2D eigenvalue weighted by molar-refractivity contribution is -0.152. The molecule has 7 nitrogen and oxygen atoms in total. The molecule has 0 aliphatic carbocycles. The summed E-state index contributed by atoms with van der Waals surface area (Å²) in [6.45, 7) is 0.876. The lowest BCUT2D eigenvalue weighted by Crippen LogP contribution is -2.58. The molecule has 1 heterocycles. The van der Waals surface area contributed by atoms with Crippen LogP contribution in [0.15, 0.2) is 0 Å². The van der Waals surface area contributed by atoms with Crippen molar-refractivity contribution in [2.24, 2.45) is 5.73 Å². The molecule has 1 fully saturated rings. The standard InChI is InChI=1S/C11H20N2O5/c1-17-8(7-12)6-9(14)13-11(10(15)16)2-4-18-5-3-11/h8H,2-7,12H2,1H3,(H,13,14)(H,15,16). The van der Waals surface area contributed by atoms with E-state index < -0.39 is 17.6 Å². The summed E-state index contributed by atoms with van der Waals surface area (Å²) in [6, 6.07) is 0. The van der Waals surface area contributed by atoms with Gasteiger partial charge in [-0.1, -0.05) is 0 Å². The van der Waals surface area contributed by atoms with Crippen molar-refractivity contribution in [2.75, 3.05) is 26.9 Å². The van der Waals surface area contributed by atoms with E-state index in [1.165, 1.54) is 7.11 Å². The molecule has 0 saturated carbocycles. The minimum absolute atomic E-state index is 0.0584. The van der Waals surface area contributed by atoms with Crippen LogP contribution in [0.3, 0.4) is 0 Å². The Balaban J connectivity index is 2.61. The topological polar surface area (TPSA) is 111 Å². The number of amides is 1. The highest BCUT2D eigenvalue weighted by atomic mass is 16.5. The van der Waals surface area contributed by atoms with Gasteiger partial charge in [-0.3, -0.25) is 4.79 Å². The molecule has 7 heteroatoms. The van der Waals surface area contributed by atoms with Crippen molar-refractivity contribution in [3.63, 3.8) is 0 Å². The molecule has 1 amide bonds. The van der Waals surface area contributed by atoms with Crippen LogP contribution in [-0.2, 0) is 19.1 Å². The van der Waals surface area contributed by atoms with Crippen molar-refractivity contribution >= 4 is 11.9 Å². The van der Waals surface area contributed by atoms with Gasteiger partial charge in [-0.25, -0.2) is 4.79 Å². The molecular formula is C11H20N2O5. The molecule has 4 N–H and O–H groups in total. The molecule has 104 valence electrons. The predicted octanol–water partition coefficient (Wildman–Crippen LogP) is -0.900. The van der Waals surface area contributed by atoms with Crippen molar-refractivity contribution < 1.29 is 24.2 Å². The van der Waals surface area contributed by atoms with Gasteiger partial charge in [-0.2, -0.15) is 0 Å². The normalized spacial score (nSPS) is 20.1. The van der Waals surface area contributed by atoms with Crippen LogP contribution in [0.1, 0.15) is 19.3 Å². The fourth-order valence-electron chi connectivity index (χ4n) is 1.90. The van der Waals surface area contributed by atoms with Gasteiger partial charge in [0.25, 0.3) is 0 Å². The molecular weight excluding hydrogens is 240 g/mol. The third kappa shape index (κ3) is 3.66. The van der Waals surface area contributed by atoms with Crippen LogP contribution >= 0.6 is 0 Å². The summed E-state index contributed by atoms with van der Waals surface area (Å²) in [7, 11) is 1.46. The maximum absolute atomic E-state index is 11.8. The van der Waals surface area contributed by atoms with Gasteiger partial charge in [0, 0.05) is 39.7 Å². The molecule has 1 atom stereocenters. The molecule has 0 aromatic heterocycles. The predicted molar refractivity (Wildman–Crippen MR) is 63.0 cm³/mol. The molecule has 0 bridgehead atoms. The van der Waals surface area contributed by atoms with Crippen molar-refractivity contribution in [3.8, 4) is 0 Å². The number of nitrogens with one attached hydrogen (secondary N) is 1. The second-order valence-corrected chi connectivity index (χ2v) is 4.35. The monoisotopic (exact) mass is 260 g/mol. The third-order valence-electron chi connectivity index (χ3n) is 3.14. The smallest absolute Gasteiger partial charge is 0.329 e. The zero-order valence-electron chi connectivity index (χ0n) is 10.5. The van der Waals surface area contributed by atoms with Crippen molar-refractivity contribution in [1.29, 1.82) is 0 Å². The minimum atomic E-state index is -1.22. The summed E-state index contributed by atoms with van der Waals surface area (Å²) >= 11 is 0. The molecule has 1 rings (SSSR count). The molecule has 1 saturated heterocycles. The van der Waals surface area contributed by atoms with Gasteiger partial charge in [0.2, 0.25) is 5.91 Å². The molecule has 18 heavy (non-hydrogen) atoms. The van der Waals surface area contributed by atoms with Crippen LogP contribution in [-0.4, -0.2) is 55.5 Å². The Morgan fingerprint density at radius 2 is 2.11 bits per heavy atom. The quantitative estimate of drug-likeness (QED) is 0.571. The summed E-state index contributed by atoms with van der Waals surface area (Å²) in [5.41, 5.74) is 4.20. The maximum Gasteiger partial charge on any atom is 0.329 e. The summed E-state index contributed by atoms with van der Waals surface area (Å²) < 4.78 is 10.1.